The zero-order valence-electron chi connectivity index (χ0n) is 17.8. The zero-order chi connectivity index (χ0) is 21.4. The van der Waals surface area contributed by atoms with E-state index in [1.807, 2.05) is 10.6 Å². The van der Waals surface area contributed by atoms with Crippen molar-refractivity contribution in [1.82, 2.24) is 9.55 Å². The average Bonchev–Trinajstić information content (AvgIpc) is 3.33. The van der Waals surface area contributed by atoms with Crippen molar-refractivity contribution in [1.29, 1.82) is 0 Å². The molecular weight excluding hydrogens is 395 g/mol. The SMILES string of the molecule is OCCCC1(O)C2CC3CC1CC(C(O)CC1c4c(F)cccc4-c4cncn41)(C3)C2. The summed E-state index contributed by atoms with van der Waals surface area (Å²) in [6.07, 6.45) is 9.45. The van der Waals surface area contributed by atoms with Crippen LogP contribution >= 0.6 is 0 Å². The number of benzene rings is 1. The van der Waals surface area contributed by atoms with E-state index in [9.17, 15) is 19.7 Å². The highest BCUT2D eigenvalue weighted by molar-refractivity contribution is 5.69. The number of rotatable bonds is 6. The lowest BCUT2D eigenvalue weighted by molar-refractivity contribution is -0.227. The van der Waals surface area contributed by atoms with Gasteiger partial charge in [-0.1, -0.05) is 12.1 Å². The molecule has 1 aliphatic heterocycles. The molecule has 6 heteroatoms. The van der Waals surface area contributed by atoms with Gasteiger partial charge in [0.05, 0.1) is 36.0 Å². The minimum Gasteiger partial charge on any atom is -0.396 e. The zero-order valence-corrected chi connectivity index (χ0v) is 17.8. The molecule has 166 valence electrons. The quantitative estimate of drug-likeness (QED) is 0.659. The highest BCUT2D eigenvalue weighted by atomic mass is 19.1. The molecule has 4 saturated carbocycles. The summed E-state index contributed by atoms with van der Waals surface area (Å²) in [6.45, 7) is 0.110. The number of hydrogen-bond acceptors (Lipinski definition) is 4. The molecule has 0 amide bonds. The molecule has 5 nitrogen and oxygen atoms in total. The Morgan fingerprint density at radius 3 is 2.71 bits per heavy atom. The summed E-state index contributed by atoms with van der Waals surface area (Å²) in [6, 6.07) is 4.93. The third-order valence-electron chi connectivity index (χ3n) is 9.20. The lowest BCUT2D eigenvalue weighted by Crippen LogP contribution is -2.63. The van der Waals surface area contributed by atoms with E-state index in [0.717, 1.165) is 43.4 Å². The van der Waals surface area contributed by atoms with E-state index in [4.69, 9.17) is 0 Å². The smallest absolute Gasteiger partial charge is 0.129 e. The maximum Gasteiger partial charge on any atom is 0.129 e. The van der Waals surface area contributed by atoms with Crippen molar-refractivity contribution in [2.45, 2.75) is 69.1 Å². The van der Waals surface area contributed by atoms with Crippen LogP contribution in [0.4, 0.5) is 4.39 Å². The van der Waals surface area contributed by atoms with Crippen molar-refractivity contribution in [3.05, 3.63) is 42.1 Å². The van der Waals surface area contributed by atoms with Crippen molar-refractivity contribution in [2.75, 3.05) is 6.61 Å². The van der Waals surface area contributed by atoms with Gasteiger partial charge in [-0.25, -0.2) is 9.37 Å². The Labute approximate surface area is 181 Å². The fourth-order valence-electron chi connectivity index (χ4n) is 8.01. The summed E-state index contributed by atoms with van der Waals surface area (Å²) < 4.78 is 16.9. The molecule has 4 unspecified atom stereocenters. The predicted molar refractivity (Wildman–Crippen MR) is 114 cm³/mol. The predicted octanol–water partition coefficient (Wildman–Crippen LogP) is 3.67. The first-order valence-corrected chi connectivity index (χ1v) is 11.8. The number of imidazole rings is 1. The summed E-state index contributed by atoms with van der Waals surface area (Å²) in [5, 5.41) is 32.4. The fraction of sp³-hybridized carbons (Fsp3) is 0.640. The number of halogens is 1. The second kappa shape index (κ2) is 6.87. The summed E-state index contributed by atoms with van der Waals surface area (Å²) >= 11 is 0. The Bertz CT molecular complexity index is 988. The number of aliphatic hydroxyl groups excluding tert-OH is 2. The largest absolute Gasteiger partial charge is 0.396 e. The monoisotopic (exact) mass is 426 g/mol. The summed E-state index contributed by atoms with van der Waals surface area (Å²) in [4.78, 5) is 4.28. The standard InChI is InChI=1S/C25H31FN2O3/c26-19-4-1-3-18-21-13-27-14-28(21)20(23(18)19)9-22(30)24-10-15-7-16(11-24)25(31,5-2-6-29)17(8-15)12-24/h1,3-4,13-17,20,22,29-31H,2,5-12H2. The highest BCUT2D eigenvalue weighted by Gasteiger charge is 2.63. The van der Waals surface area contributed by atoms with Crippen LogP contribution in [-0.4, -0.2) is 43.2 Å². The van der Waals surface area contributed by atoms with E-state index in [1.165, 1.54) is 6.07 Å². The van der Waals surface area contributed by atoms with Crippen molar-refractivity contribution in [3.63, 3.8) is 0 Å². The van der Waals surface area contributed by atoms with Crippen molar-refractivity contribution >= 4 is 0 Å². The van der Waals surface area contributed by atoms with Gasteiger partial charge in [0.2, 0.25) is 0 Å². The molecule has 4 aliphatic carbocycles. The van der Waals surface area contributed by atoms with Crippen molar-refractivity contribution in [3.8, 4) is 11.3 Å². The summed E-state index contributed by atoms with van der Waals surface area (Å²) in [5.41, 5.74) is 1.56. The van der Waals surface area contributed by atoms with Crippen LogP contribution in [0.5, 0.6) is 0 Å². The number of hydrogen-bond donors (Lipinski definition) is 3. The number of aromatic nitrogens is 2. The molecule has 4 fully saturated rings. The molecule has 2 heterocycles. The molecule has 31 heavy (non-hydrogen) atoms. The van der Waals surface area contributed by atoms with E-state index in [1.54, 1.807) is 18.6 Å². The van der Waals surface area contributed by atoms with Gasteiger partial charge in [0, 0.05) is 17.7 Å². The Morgan fingerprint density at radius 2 is 1.97 bits per heavy atom. The van der Waals surface area contributed by atoms with Gasteiger partial charge in [0.15, 0.2) is 0 Å². The normalized spacial score (nSPS) is 38.3. The van der Waals surface area contributed by atoms with Crippen LogP contribution in [0.1, 0.15) is 63.0 Å². The number of aliphatic hydroxyl groups is 3. The fourth-order valence-corrected chi connectivity index (χ4v) is 8.01. The average molecular weight is 427 g/mol. The van der Waals surface area contributed by atoms with Crippen LogP contribution in [0.25, 0.3) is 11.3 Å². The first-order valence-electron chi connectivity index (χ1n) is 11.8. The van der Waals surface area contributed by atoms with E-state index >= 15 is 0 Å². The first-order chi connectivity index (χ1) is 14.9. The van der Waals surface area contributed by atoms with E-state index < -0.39 is 11.7 Å². The maximum atomic E-state index is 14.8. The number of nitrogens with zero attached hydrogens (tertiary/aromatic N) is 2. The Balaban J connectivity index is 1.29. The Kier molecular flexibility index (Phi) is 4.41. The van der Waals surface area contributed by atoms with Gasteiger partial charge in [0.1, 0.15) is 5.82 Å². The molecule has 7 rings (SSSR count). The summed E-state index contributed by atoms with van der Waals surface area (Å²) in [5.74, 6) is 0.716. The van der Waals surface area contributed by atoms with Crippen LogP contribution in [-0.2, 0) is 0 Å². The van der Waals surface area contributed by atoms with Crippen LogP contribution in [0, 0.1) is 29.0 Å². The third kappa shape index (κ3) is 2.74. The first kappa shape index (κ1) is 19.9. The molecule has 1 aromatic carbocycles. The number of fused-ring (bicyclic) bond motifs is 3. The minimum atomic E-state index is -0.702. The van der Waals surface area contributed by atoms with Gasteiger partial charge in [-0.15, -0.1) is 0 Å². The Hall–Kier alpha value is -1.76. The van der Waals surface area contributed by atoms with Gasteiger partial charge in [-0.05, 0) is 80.6 Å². The topological polar surface area (TPSA) is 78.5 Å². The molecule has 0 saturated heterocycles. The molecule has 4 bridgehead atoms. The molecule has 0 radical (unpaired) electrons. The van der Waals surface area contributed by atoms with Crippen molar-refractivity contribution < 1.29 is 19.7 Å². The Morgan fingerprint density at radius 1 is 1.19 bits per heavy atom. The van der Waals surface area contributed by atoms with E-state index in [0.29, 0.717) is 30.7 Å². The molecule has 4 atom stereocenters. The van der Waals surface area contributed by atoms with Crippen LogP contribution in [0.2, 0.25) is 0 Å². The molecule has 2 aromatic rings. The van der Waals surface area contributed by atoms with Gasteiger partial charge in [0.25, 0.3) is 0 Å². The molecule has 5 aliphatic rings. The highest BCUT2D eigenvalue weighted by Crippen LogP contribution is 2.66. The van der Waals surface area contributed by atoms with Crippen molar-refractivity contribution in [2.24, 2.45) is 23.2 Å². The van der Waals surface area contributed by atoms with Crippen LogP contribution < -0.4 is 0 Å². The molecule has 3 N–H and O–H groups in total. The minimum absolute atomic E-state index is 0.110. The van der Waals surface area contributed by atoms with Gasteiger partial charge in [-0.3, -0.25) is 0 Å². The van der Waals surface area contributed by atoms with Crippen LogP contribution in [0.3, 0.4) is 0 Å². The summed E-state index contributed by atoms with van der Waals surface area (Å²) in [7, 11) is 0. The second-order valence-electron chi connectivity index (χ2n) is 10.7. The lowest BCUT2D eigenvalue weighted by atomic mass is 9.42. The molecule has 0 spiro atoms. The maximum absolute atomic E-state index is 14.8. The molecular formula is C25H31FN2O3. The van der Waals surface area contributed by atoms with Crippen LogP contribution in [0.15, 0.2) is 30.7 Å². The molecule has 1 aromatic heterocycles. The van der Waals surface area contributed by atoms with E-state index in [2.05, 4.69) is 4.98 Å². The van der Waals surface area contributed by atoms with Gasteiger partial charge in [-0.2, -0.15) is 0 Å². The van der Waals surface area contributed by atoms with E-state index in [-0.39, 0.29) is 35.7 Å². The van der Waals surface area contributed by atoms with Gasteiger partial charge < -0.3 is 19.9 Å². The second-order valence-corrected chi connectivity index (χ2v) is 10.7. The van der Waals surface area contributed by atoms with Gasteiger partial charge >= 0.3 is 0 Å². The third-order valence-corrected chi connectivity index (χ3v) is 9.20. The lowest BCUT2D eigenvalue weighted by Gasteiger charge is -2.65.